The van der Waals surface area contributed by atoms with Crippen LogP contribution in [0.2, 0.25) is 0 Å². The van der Waals surface area contributed by atoms with E-state index in [9.17, 15) is 14.7 Å². The van der Waals surface area contributed by atoms with Crippen molar-refractivity contribution in [1.82, 2.24) is 35.0 Å². The van der Waals surface area contributed by atoms with Crippen molar-refractivity contribution in [1.29, 1.82) is 0 Å². The number of aryl methyl sites for hydroxylation is 2. The monoisotopic (exact) mass is 457 g/mol. The highest BCUT2D eigenvalue weighted by atomic mass is 16.3. The maximum atomic E-state index is 13.7. The van der Waals surface area contributed by atoms with Crippen molar-refractivity contribution < 1.29 is 14.7 Å². The predicted octanol–water partition coefficient (Wildman–Crippen LogP) is 1.11. The van der Waals surface area contributed by atoms with Crippen LogP contribution in [0.4, 0.5) is 0 Å². The Hall–Kier alpha value is -2.75. The van der Waals surface area contributed by atoms with Crippen LogP contribution in [-0.2, 0) is 23.1 Å². The number of likely N-dealkylation sites (tertiary alicyclic amines) is 1. The van der Waals surface area contributed by atoms with E-state index in [4.69, 9.17) is 0 Å². The number of amides is 2. The summed E-state index contributed by atoms with van der Waals surface area (Å²) in [6.45, 7) is 8.45. The lowest BCUT2D eigenvalue weighted by molar-refractivity contribution is -0.144. The Kier molecular flexibility index (Phi) is 6.30. The third kappa shape index (κ3) is 5.10. The molecule has 0 spiro atoms. The van der Waals surface area contributed by atoms with E-state index in [0.717, 1.165) is 29.8 Å². The summed E-state index contributed by atoms with van der Waals surface area (Å²) in [7, 11) is 1.87. The van der Waals surface area contributed by atoms with Gasteiger partial charge in [-0.1, -0.05) is 26.0 Å². The molecule has 2 amide bonds. The van der Waals surface area contributed by atoms with Gasteiger partial charge in [-0.2, -0.15) is 5.10 Å². The smallest absolute Gasteiger partial charge is 0.248 e. The molecular weight excluding hydrogens is 422 g/mol. The van der Waals surface area contributed by atoms with E-state index in [-0.39, 0.29) is 24.8 Å². The van der Waals surface area contributed by atoms with E-state index >= 15 is 0 Å². The van der Waals surface area contributed by atoms with Crippen molar-refractivity contribution in [3.8, 4) is 0 Å². The van der Waals surface area contributed by atoms with Crippen LogP contribution in [0, 0.1) is 12.3 Å². The average Bonchev–Trinajstić information content (AvgIpc) is 3.18. The number of carbonyl (C=O) groups excluding carboxylic acids is 2. The van der Waals surface area contributed by atoms with Gasteiger partial charge < -0.3 is 15.3 Å². The van der Waals surface area contributed by atoms with Crippen LogP contribution in [0.5, 0.6) is 0 Å². The SMILES string of the molecule is Cc1nn(C)cc1CCNC(=O)[C@@H]1C[C@@H](O)CN1C(=O)[C@@H](n1cc(C2CC2)nn1)C(C)(C)C. The minimum Gasteiger partial charge on any atom is -0.391 e. The summed E-state index contributed by atoms with van der Waals surface area (Å²) < 4.78 is 3.40. The number of hydrogen-bond donors (Lipinski definition) is 2. The minimum absolute atomic E-state index is 0.134. The second-order valence-corrected chi connectivity index (χ2v) is 10.5. The van der Waals surface area contributed by atoms with Crippen molar-refractivity contribution in [3.05, 3.63) is 29.3 Å². The number of rotatable bonds is 7. The van der Waals surface area contributed by atoms with Gasteiger partial charge >= 0.3 is 0 Å². The van der Waals surface area contributed by atoms with Crippen LogP contribution >= 0.6 is 0 Å². The summed E-state index contributed by atoms with van der Waals surface area (Å²) in [5, 5.41) is 26.1. The van der Waals surface area contributed by atoms with E-state index in [2.05, 4.69) is 20.7 Å². The van der Waals surface area contributed by atoms with Crippen LogP contribution in [0.3, 0.4) is 0 Å². The van der Waals surface area contributed by atoms with Crippen molar-refractivity contribution >= 4 is 11.8 Å². The molecule has 2 N–H and O–H groups in total. The second-order valence-electron chi connectivity index (χ2n) is 10.5. The zero-order valence-electron chi connectivity index (χ0n) is 20.2. The molecule has 1 saturated carbocycles. The molecule has 10 heteroatoms. The summed E-state index contributed by atoms with van der Waals surface area (Å²) >= 11 is 0. The first kappa shape index (κ1) is 23.4. The highest BCUT2D eigenvalue weighted by Crippen LogP contribution is 2.40. The number of hydrogen-bond acceptors (Lipinski definition) is 6. The van der Waals surface area contributed by atoms with Gasteiger partial charge in [-0.15, -0.1) is 5.10 Å². The number of nitrogens with zero attached hydrogens (tertiary/aromatic N) is 6. The molecule has 0 unspecified atom stereocenters. The molecule has 2 aromatic heterocycles. The Labute approximate surface area is 194 Å². The number of aliphatic hydroxyl groups is 1. The Morgan fingerprint density at radius 2 is 2.00 bits per heavy atom. The van der Waals surface area contributed by atoms with E-state index in [1.54, 1.807) is 9.36 Å². The molecule has 1 saturated heterocycles. The van der Waals surface area contributed by atoms with E-state index in [1.807, 2.05) is 47.1 Å². The molecule has 2 aliphatic rings. The fraction of sp³-hybridized carbons (Fsp3) is 0.696. The number of aromatic nitrogens is 5. The lowest BCUT2D eigenvalue weighted by Crippen LogP contribution is -2.50. The third-order valence-electron chi connectivity index (χ3n) is 6.52. The van der Waals surface area contributed by atoms with Gasteiger partial charge in [0.15, 0.2) is 0 Å². The summed E-state index contributed by atoms with van der Waals surface area (Å²) in [6.07, 6.45) is 6.16. The summed E-state index contributed by atoms with van der Waals surface area (Å²) in [6, 6.07) is -1.32. The molecule has 10 nitrogen and oxygen atoms in total. The zero-order chi connectivity index (χ0) is 23.9. The standard InChI is InChI=1S/C23H35N7O3/c1-14-16(11-28(5)26-14)8-9-24-21(32)19-10-17(31)12-29(19)22(33)20(23(2,3)4)30-13-18(25-27-30)15-6-7-15/h11,13,15,17,19-20,31H,6-10,12H2,1-5H3,(H,24,32)/t17-,19+,20-/m1/s1. The third-order valence-corrected chi connectivity index (χ3v) is 6.52. The zero-order valence-corrected chi connectivity index (χ0v) is 20.2. The molecule has 3 heterocycles. The molecular formula is C23H35N7O3. The van der Waals surface area contributed by atoms with Gasteiger partial charge in [0.1, 0.15) is 12.1 Å². The molecule has 0 bridgehead atoms. The molecule has 33 heavy (non-hydrogen) atoms. The minimum atomic E-state index is -0.733. The molecule has 0 aromatic carbocycles. The van der Waals surface area contributed by atoms with E-state index < -0.39 is 23.6 Å². The van der Waals surface area contributed by atoms with Crippen LogP contribution in [0.15, 0.2) is 12.4 Å². The largest absolute Gasteiger partial charge is 0.391 e. The highest BCUT2D eigenvalue weighted by molar-refractivity contribution is 5.90. The molecule has 180 valence electrons. The number of β-amino-alcohol motifs (C(OH)–C–C–N with tert-alkyl or cyclic N) is 1. The van der Waals surface area contributed by atoms with Crippen molar-refractivity contribution in [2.24, 2.45) is 12.5 Å². The highest BCUT2D eigenvalue weighted by Gasteiger charge is 2.45. The Bertz CT molecular complexity index is 1020. The fourth-order valence-electron chi connectivity index (χ4n) is 4.66. The quantitative estimate of drug-likeness (QED) is 0.643. The van der Waals surface area contributed by atoms with Gasteiger partial charge in [0, 0.05) is 44.9 Å². The van der Waals surface area contributed by atoms with E-state index in [0.29, 0.717) is 18.9 Å². The normalized spacial score (nSPS) is 21.9. The summed E-state index contributed by atoms with van der Waals surface area (Å²) in [5.41, 5.74) is 2.48. The summed E-state index contributed by atoms with van der Waals surface area (Å²) in [5.74, 6) is -0.0223. The summed E-state index contributed by atoms with van der Waals surface area (Å²) in [4.78, 5) is 28.3. The van der Waals surface area contributed by atoms with Gasteiger partial charge in [0.25, 0.3) is 0 Å². The number of carbonyl (C=O) groups is 2. The Balaban J connectivity index is 1.46. The number of aliphatic hydroxyl groups excluding tert-OH is 1. The first-order chi connectivity index (χ1) is 15.5. The average molecular weight is 458 g/mol. The van der Waals surface area contributed by atoms with Gasteiger partial charge in [-0.3, -0.25) is 14.3 Å². The van der Waals surface area contributed by atoms with Gasteiger partial charge in [0.05, 0.1) is 17.5 Å². The first-order valence-corrected chi connectivity index (χ1v) is 11.7. The van der Waals surface area contributed by atoms with Gasteiger partial charge in [-0.05, 0) is 37.2 Å². The fourth-order valence-corrected chi connectivity index (χ4v) is 4.66. The Morgan fingerprint density at radius 3 is 2.61 bits per heavy atom. The molecule has 4 rings (SSSR count). The van der Waals surface area contributed by atoms with Crippen LogP contribution in [0.25, 0.3) is 0 Å². The number of nitrogens with one attached hydrogen (secondary N) is 1. The molecule has 0 radical (unpaired) electrons. The maximum Gasteiger partial charge on any atom is 0.248 e. The lowest BCUT2D eigenvalue weighted by Gasteiger charge is -2.34. The first-order valence-electron chi connectivity index (χ1n) is 11.7. The molecule has 1 aliphatic heterocycles. The molecule has 2 aromatic rings. The van der Waals surface area contributed by atoms with E-state index in [1.165, 1.54) is 4.90 Å². The van der Waals surface area contributed by atoms with Crippen molar-refractivity contribution in [2.45, 2.75) is 77.5 Å². The maximum absolute atomic E-state index is 13.7. The predicted molar refractivity (Wildman–Crippen MR) is 121 cm³/mol. The molecule has 1 aliphatic carbocycles. The topological polar surface area (TPSA) is 118 Å². The van der Waals surface area contributed by atoms with Crippen LogP contribution < -0.4 is 5.32 Å². The van der Waals surface area contributed by atoms with Gasteiger partial charge in [0.2, 0.25) is 11.8 Å². The van der Waals surface area contributed by atoms with Crippen molar-refractivity contribution in [2.75, 3.05) is 13.1 Å². The Morgan fingerprint density at radius 1 is 1.27 bits per heavy atom. The van der Waals surface area contributed by atoms with Crippen molar-refractivity contribution in [3.63, 3.8) is 0 Å². The molecule has 3 atom stereocenters. The van der Waals surface area contributed by atoms with Crippen LogP contribution in [0.1, 0.15) is 68.9 Å². The molecule has 2 fully saturated rings. The second kappa shape index (κ2) is 8.89. The van der Waals surface area contributed by atoms with Crippen LogP contribution in [-0.4, -0.2) is 71.8 Å². The van der Waals surface area contributed by atoms with Gasteiger partial charge in [-0.25, -0.2) is 4.68 Å². The lowest BCUT2D eigenvalue weighted by atomic mass is 9.85.